The molecule has 7 nitrogen and oxygen atoms in total. The monoisotopic (exact) mass is 345 g/mol. The largest absolute Gasteiger partial charge is 0.453 e. The average Bonchev–Trinajstić information content (AvgIpc) is 2.91. The molecule has 2 N–H and O–H groups in total. The number of aromatic nitrogens is 4. The number of carbonyl (C=O) groups is 1. The number of nitrogens with zero attached hydrogens (tertiary/aromatic N) is 4. The fourth-order valence-corrected chi connectivity index (χ4v) is 2.32. The second-order valence-electron chi connectivity index (χ2n) is 5.33. The van der Waals surface area contributed by atoms with Crippen LogP contribution in [0.4, 0.5) is 13.2 Å². The van der Waals surface area contributed by atoms with E-state index in [0.29, 0.717) is 36.3 Å². The third-order valence-electron chi connectivity index (χ3n) is 3.56. The molecule has 2 rings (SSSR count). The van der Waals surface area contributed by atoms with Gasteiger partial charge in [0.25, 0.3) is 11.6 Å². The fraction of sp³-hybridized carbons (Fsp3) is 0.571. The molecule has 0 fully saturated rings. The van der Waals surface area contributed by atoms with Crippen LogP contribution >= 0.6 is 0 Å². The maximum absolute atomic E-state index is 12.7. The van der Waals surface area contributed by atoms with Crippen LogP contribution in [-0.4, -0.2) is 43.7 Å². The van der Waals surface area contributed by atoms with E-state index in [1.165, 1.54) is 0 Å². The molecule has 2 aromatic heterocycles. The Balaban J connectivity index is 2.20. The van der Waals surface area contributed by atoms with Crippen LogP contribution in [-0.2, 0) is 17.4 Å². The molecule has 0 aliphatic rings. The van der Waals surface area contributed by atoms with Gasteiger partial charge in [0, 0.05) is 31.0 Å². The summed E-state index contributed by atoms with van der Waals surface area (Å²) in [5.41, 5.74) is 1.66. The molecule has 2 heterocycles. The van der Waals surface area contributed by atoms with Gasteiger partial charge in [0.15, 0.2) is 0 Å². The number of hydrogen-bond donors (Lipinski definition) is 2. The van der Waals surface area contributed by atoms with Crippen molar-refractivity contribution in [3.8, 4) is 0 Å². The summed E-state index contributed by atoms with van der Waals surface area (Å²) < 4.78 is 39.2. The molecule has 0 bridgehead atoms. The second kappa shape index (κ2) is 7.12. The van der Waals surface area contributed by atoms with Crippen molar-refractivity contribution in [1.82, 2.24) is 24.9 Å². The van der Waals surface area contributed by atoms with Gasteiger partial charge in [-0.3, -0.25) is 4.79 Å². The van der Waals surface area contributed by atoms with Crippen LogP contribution < -0.4 is 5.32 Å². The van der Waals surface area contributed by atoms with Crippen molar-refractivity contribution in [1.29, 1.82) is 0 Å². The third-order valence-corrected chi connectivity index (χ3v) is 3.56. The maximum Gasteiger partial charge on any atom is 0.453 e. The van der Waals surface area contributed by atoms with Crippen LogP contribution in [0.5, 0.6) is 0 Å². The maximum atomic E-state index is 12.7. The van der Waals surface area contributed by atoms with E-state index >= 15 is 0 Å². The highest BCUT2D eigenvalue weighted by Gasteiger charge is 2.36. The Bertz CT molecular complexity index is 742. The van der Waals surface area contributed by atoms with Crippen LogP contribution in [0.3, 0.4) is 0 Å². The van der Waals surface area contributed by atoms with Crippen molar-refractivity contribution in [2.45, 2.75) is 39.3 Å². The topological polar surface area (TPSA) is 92.4 Å². The SMILES string of the molecule is Cc1nc2nc(C(F)(F)F)nn2c(C)c1CCC(=O)NCCCO. The number of carbonyl (C=O) groups excluding carboxylic acids is 1. The standard InChI is InChI=1S/C14H18F3N5O2/c1-8-10(4-5-11(24)18-6-3-7-23)9(2)22-13(19-8)20-12(21-22)14(15,16)17/h23H,3-7H2,1-2H3,(H,18,24). The minimum Gasteiger partial charge on any atom is -0.396 e. The summed E-state index contributed by atoms with van der Waals surface area (Å²) in [6.07, 6.45) is -3.68. The molecule has 0 atom stereocenters. The van der Waals surface area contributed by atoms with Crippen LogP contribution in [0.15, 0.2) is 0 Å². The zero-order valence-electron chi connectivity index (χ0n) is 13.3. The van der Waals surface area contributed by atoms with Gasteiger partial charge in [0.2, 0.25) is 5.91 Å². The summed E-state index contributed by atoms with van der Waals surface area (Å²) in [4.78, 5) is 19.2. The number of aliphatic hydroxyl groups excluding tert-OH is 1. The second-order valence-corrected chi connectivity index (χ2v) is 5.33. The molecule has 0 saturated heterocycles. The molecule has 0 saturated carbocycles. The summed E-state index contributed by atoms with van der Waals surface area (Å²) in [5, 5.41) is 14.8. The molecule has 0 aliphatic carbocycles. The zero-order valence-corrected chi connectivity index (χ0v) is 13.3. The molecule has 132 valence electrons. The minimum absolute atomic E-state index is 0.00702. The van der Waals surface area contributed by atoms with Crippen molar-refractivity contribution in [3.05, 3.63) is 22.8 Å². The Morgan fingerprint density at radius 2 is 2.00 bits per heavy atom. The molecular formula is C14H18F3N5O2. The Kier molecular flexibility index (Phi) is 5.37. The van der Waals surface area contributed by atoms with Gasteiger partial charge in [-0.05, 0) is 32.3 Å². The van der Waals surface area contributed by atoms with E-state index in [2.05, 4.69) is 20.4 Å². The number of alkyl halides is 3. The predicted molar refractivity (Wildman–Crippen MR) is 78.3 cm³/mol. The Hall–Kier alpha value is -2.23. The smallest absolute Gasteiger partial charge is 0.396 e. The highest BCUT2D eigenvalue weighted by molar-refractivity contribution is 5.76. The molecule has 0 aromatic carbocycles. The number of amides is 1. The average molecular weight is 345 g/mol. The van der Waals surface area contributed by atoms with E-state index in [1.54, 1.807) is 13.8 Å². The summed E-state index contributed by atoms with van der Waals surface area (Å²) in [7, 11) is 0. The number of nitrogens with one attached hydrogen (secondary N) is 1. The molecule has 0 unspecified atom stereocenters. The first-order chi connectivity index (χ1) is 11.2. The highest BCUT2D eigenvalue weighted by Crippen LogP contribution is 2.27. The van der Waals surface area contributed by atoms with Crippen LogP contribution in [0.2, 0.25) is 0 Å². The normalized spacial score (nSPS) is 11.9. The summed E-state index contributed by atoms with van der Waals surface area (Å²) in [5.74, 6) is -1.55. The molecule has 0 aliphatic heterocycles. The molecule has 2 aromatic rings. The molecule has 0 radical (unpaired) electrons. The van der Waals surface area contributed by atoms with Crippen molar-refractivity contribution in [2.75, 3.05) is 13.2 Å². The van der Waals surface area contributed by atoms with E-state index in [9.17, 15) is 18.0 Å². The Labute approximate surface area is 135 Å². The quantitative estimate of drug-likeness (QED) is 0.768. The number of aryl methyl sites for hydroxylation is 2. The lowest BCUT2D eigenvalue weighted by Gasteiger charge is -2.10. The van der Waals surface area contributed by atoms with Gasteiger partial charge >= 0.3 is 6.18 Å². The Morgan fingerprint density at radius 3 is 2.62 bits per heavy atom. The van der Waals surface area contributed by atoms with Crippen molar-refractivity contribution >= 4 is 11.7 Å². The number of rotatable bonds is 6. The van der Waals surface area contributed by atoms with Gasteiger partial charge in [-0.15, -0.1) is 5.10 Å². The highest BCUT2D eigenvalue weighted by atomic mass is 19.4. The lowest BCUT2D eigenvalue weighted by Crippen LogP contribution is -2.25. The number of fused-ring (bicyclic) bond motifs is 1. The van der Waals surface area contributed by atoms with E-state index in [0.717, 1.165) is 4.52 Å². The van der Waals surface area contributed by atoms with Crippen molar-refractivity contribution in [2.24, 2.45) is 0 Å². The summed E-state index contributed by atoms with van der Waals surface area (Å²) in [6, 6.07) is 0. The Morgan fingerprint density at radius 1 is 1.29 bits per heavy atom. The van der Waals surface area contributed by atoms with Gasteiger partial charge in [0.05, 0.1) is 0 Å². The van der Waals surface area contributed by atoms with Crippen LogP contribution in [0.25, 0.3) is 5.78 Å². The zero-order chi connectivity index (χ0) is 17.9. The van der Waals surface area contributed by atoms with Gasteiger partial charge in [0.1, 0.15) is 0 Å². The van der Waals surface area contributed by atoms with Gasteiger partial charge < -0.3 is 10.4 Å². The van der Waals surface area contributed by atoms with Crippen LogP contribution in [0, 0.1) is 13.8 Å². The molecular weight excluding hydrogens is 327 g/mol. The third kappa shape index (κ3) is 3.99. The van der Waals surface area contributed by atoms with E-state index < -0.39 is 12.0 Å². The summed E-state index contributed by atoms with van der Waals surface area (Å²) in [6.45, 7) is 3.65. The number of halogens is 3. The van der Waals surface area contributed by atoms with E-state index in [-0.39, 0.29) is 24.7 Å². The molecule has 1 amide bonds. The van der Waals surface area contributed by atoms with E-state index in [1.807, 2.05) is 0 Å². The van der Waals surface area contributed by atoms with Crippen molar-refractivity contribution < 1.29 is 23.1 Å². The first-order valence-corrected chi connectivity index (χ1v) is 7.41. The first-order valence-electron chi connectivity index (χ1n) is 7.41. The predicted octanol–water partition coefficient (Wildman–Crippen LogP) is 1.19. The van der Waals surface area contributed by atoms with E-state index in [4.69, 9.17) is 5.11 Å². The first kappa shape index (κ1) is 18.1. The van der Waals surface area contributed by atoms with Crippen LogP contribution in [0.1, 0.15) is 35.6 Å². The van der Waals surface area contributed by atoms with Gasteiger partial charge in [-0.2, -0.15) is 18.2 Å². The molecule has 24 heavy (non-hydrogen) atoms. The fourth-order valence-electron chi connectivity index (χ4n) is 2.32. The lowest BCUT2D eigenvalue weighted by molar-refractivity contribution is -0.144. The van der Waals surface area contributed by atoms with Gasteiger partial charge in [-0.25, -0.2) is 9.50 Å². The lowest BCUT2D eigenvalue weighted by atomic mass is 10.1. The van der Waals surface area contributed by atoms with Crippen molar-refractivity contribution in [3.63, 3.8) is 0 Å². The summed E-state index contributed by atoms with van der Waals surface area (Å²) >= 11 is 0. The minimum atomic E-state index is -4.64. The molecule has 0 spiro atoms. The number of aliphatic hydroxyl groups is 1. The number of hydrogen-bond acceptors (Lipinski definition) is 5. The van der Waals surface area contributed by atoms with Gasteiger partial charge in [-0.1, -0.05) is 0 Å². The molecule has 10 heteroatoms.